The fourth-order valence-corrected chi connectivity index (χ4v) is 1.20. The predicted molar refractivity (Wildman–Crippen MR) is 54.0 cm³/mol. The van der Waals surface area contributed by atoms with Crippen molar-refractivity contribution in [2.45, 2.75) is 13.5 Å². The maximum absolute atomic E-state index is 9.51. The van der Waals surface area contributed by atoms with Gasteiger partial charge in [0.2, 0.25) is 11.7 Å². The van der Waals surface area contributed by atoms with Crippen LogP contribution in [0, 0.1) is 6.92 Å². The van der Waals surface area contributed by atoms with E-state index in [1.165, 1.54) is 0 Å². The minimum Gasteiger partial charge on any atom is -0.508 e. The summed E-state index contributed by atoms with van der Waals surface area (Å²) in [6, 6.07) is 5.21. The average Bonchev–Trinajstić information content (AvgIpc) is 2.70. The SMILES string of the molecule is Cc1ccc(-c2noc(CN)n2)cc1O. The van der Waals surface area contributed by atoms with Crippen LogP contribution in [0.1, 0.15) is 11.5 Å². The van der Waals surface area contributed by atoms with E-state index in [2.05, 4.69) is 10.1 Å². The van der Waals surface area contributed by atoms with Crippen molar-refractivity contribution in [3.05, 3.63) is 29.7 Å². The average molecular weight is 205 g/mol. The normalized spacial score (nSPS) is 10.5. The zero-order valence-corrected chi connectivity index (χ0v) is 8.27. The molecule has 0 amide bonds. The Labute approximate surface area is 86.5 Å². The third kappa shape index (κ3) is 1.82. The van der Waals surface area contributed by atoms with Gasteiger partial charge in [-0.3, -0.25) is 0 Å². The van der Waals surface area contributed by atoms with E-state index >= 15 is 0 Å². The number of nitrogens with two attached hydrogens (primary N) is 1. The summed E-state index contributed by atoms with van der Waals surface area (Å²) in [4.78, 5) is 4.06. The smallest absolute Gasteiger partial charge is 0.240 e. The molecule has 15 heavy (non-hydrogen) atoms. The monoisotopic (exact) mass is 205 g/mol. The molecule has 1 aromatic heterocycles. The number of rotatable bonds is 2. The molecule has 0 saturated heterocycles. The van der Waals surface area contributed by atoms with Crippen LogP contribution in [-0.2, 0) is 6.54 Å². The first-order chi connectivity index (χ1) is 7.20. The Morgan fingerprint density at radius 2 is 2.27 bits per heavy atom. The molecule has 0 aliphatic carbocycles. The minimum atomic E-state index is 0.213. The second-order valence-corrected chi connectivity index (χ2v) is 3.22. The molecule has 1 aromatic carbocycles. The summed E-state index contributed by atoms with van der Waals surface area (Å²) in [5, 5.41) is 13.3. The molecule has 0 atom stereocenters. The van der Waals surface area contributed by atoms with E-state index in [9.17, 15) is 5.11 Å². The summed E-state index contributed by atoms with van der Waals surface area (Å²) >= 11 is 0. The van der Waals surface area contributed by atoms with Gasteiger partial charge in [0.05, 0.1) is 6.54 Å². The highest BCUT2D eigenvalue weighted by atomic mass is 16.5. The number of hydrogen-bond acceptors (Lipinski definition) is 5. The van der Waals surface area contributed by atoms with Crippen LogP contribution in [0.2, 0.25) is 0 Å². The molecule has 3 N–H and O–H groups in total. The standard InChI is InChI=1S/C10H11N3O2/c1-6-2-3-7(4-8(6)14)10-12-9(5-11)15-13-10/h2-4,14H,5,11H2,1H3. The summed E-state index contributed by atoms with van der Waals surface area (Å²) in [5.74, 6) is 1.03. The van der Waals surface area contributed by atoms with E-state index in [0.29, 0.717) is 17.3 Å². The van der Waals surface area contributed by atoms with Crippen LogP contribution in [0.25, 0.3) is 11.4 Å². The van der Waals surface area contributed by atoms with Crippen LogP contribution in [-0.4, -0.2) is 15.2 Å². The first kappa shape index (κ1) is 9.67. The molecule has 5 nitrogen and oxygen atoms in total. The Balaban J connectivity index is 2.40. The van der Waals surface area contributed by atoms with Gasteiger partial charge in [0.15, 0.2) is 0 Å². The maximum Gasteiger partial charge on any atom is 0.240 e. The molecule has 0 unspecified atom stereocenters. The van der Waals surface area contributed by atoms with Gasteiger partial charge < -0.3 is 15.4 Å². The van der Waals surface area contributed by atoms with Crippen LogP contribution in [0.3, 0.4) is 0 Å². The predicted octanol–water partition coefficient (Wildman–Crippen LogP) is 1.21. The van der Waals surface area contributed by atoms with Gasteiger partial charge in [0.1, 0.15) is 5.75 Å². The van der Waals surface area contributed by atoms with Crippen molar-refractivity contribution in [3.8, 4) is 17.1 Å². The first-order valence-electron chi connectivity index (χ1n) is 4.53. The van der Waals surface area contributed by atoms with Crippen molar-refractivity contribution in [1.82, 2.24) is 10.1 Å². The molecule has 0 saturated carbocycles. The van der Waals surface area contributed by atoms with E-state index in [-0.39, 0.29) is 12.3 Å². The zero-order chi connectivity index (χ0) is 10.8. The molecule has 2 rings (SSSR count). The van der Waals surface area contributed by atoms with Crippen molar-refractivity contribution in [1.29, 1.82) is 0 Å². The lowest BCUT2D eigenvalue weighted by Crippen LogP contribution is -1.95. The lowest BCUT2D eigenvalue weighted by molar-refractivity contribution is 0.380. The summed E-state index contributed by atoms with van der Waals surface area (Å²) < 4.78 is 4.87. The van der Waals surface area contributed by atoms with E-state index < -0.39 is 0 Å². The van der Waals surface area contributed by atoms with Crippen molar-refractivity contribution >= 4 is 0 Å². The number of aromatic nitrogens is 2. The van der Waals surface area contributed by atoms with Crippen LogP contribution >= 0.6 is 0 Å². The third-order valence-corrected chi connectivity index (χ3v) is 2.11. The van der Waals surface area contributed by atoms with Crippen LogP contribution < -0.4 is 5.73 Å². The number of aryl methyl sites for hydroxylation is 1. The Morgan fingerprint density at radius 1 is 1.47 bits per heavy atom. The van der Waals surface area contributed by atoms with Gasteiger partial charge in [-0.15, -0.1) is 0 Å². The second kappa shape index (κ2) is 3.70. The summed E-state index contributed by atoms with van der Waals surface area (Å²) in [5.41, 5.74) is 6.87. The van der Waals surface area contributed by atoms with Crippen molar-refractivity contribution in [2.75, 3.05) is 0 Å². The fraction of sp³-hybridized carbons (Fsp3) is 0.200. The van der Waals surface area contributed by atoms with Gasteiger partial charge in [0, 0.05) is 5.56 Å². The Hall–Kier alpha value is -1.88. The van der Waals surface area contributed by atoms with Crippen LogP contribution in [0.5, 0.6) is 5.75 Å². The number of nitrogens with zero attached hydrogens (tertiary/aromatic N) is 2. The highest BCUT2D eigenvalue weighted by Crippen LogP contribution is 2.23. The Kier molecular flexibility index (Phi) is 2.39. The number of phenolic OH excluding ortho intramolecular Hbond substituents is 1. The molecule has 0 aliphatic heterocycles. The minimum absolute atomic E-state index is 0.213. The molecular formula is C10H11N3O2. The molecular weight excluding hydrogens is 194 g/mol. The molecule has 1 heterocycles. The highest BCUT2D eigenvalue weighted by molar-refractivity contribution is 5.58. The van der Waals surface area contributed by atoms with Gasteiger partial charge in [-0.25, -0.2) is 0 Å². The Bertz CT molecular complexity index is 479. The number of benzene rings is 1. The van der Waals surface area contributed by atoms with Gasteiger partial charge in [-0.05, 0) is 18.6 Å². The zero-order valence-electron chi connectivity index (χ0n) is 8.27. The van der Waals surface area contributed by atoms with E-state index in [1.54, 1.807) is 12.1 Å². The van der Waals surface area contributed by atoms with Gasteiger partial charge in [-0.1, -0.05) is 17.3 Å². The fourth-order valence-electron chi connectivity index (χ4n) is 1.20. The lowest BCUT2D eigenvalue weighted by Gasteiger charge is -1.99. The second-order valence-electron chi connectivity index (χ2n) is 3.22. The molecule has 0 radical (unpaired) electrons. The number of phenols is 1. The van der Waals surface area contributed by atoms with E-state index in [1.807, 2.05) is 13.0 Å². The molecule has 0 bridgehead atoms. The number of hydrogen-bond donors (Lipinski definition) is 2. The van der Waals surface area contributed by atoms with Crippen molar-refractivity contribution in [2.24, 2.45) is 5.73 Å². The topological polar surface area (TPSA) is 85.2 Å². The van der Waals surface area contributed by atoms with Gasteiger partial charge in [-0.2, -0.15) is 4.98 Å². The largest absolute Gasteiger partial charge is 0.508 e. The number of aromatic hydroxyl groups is 1. The summed E-state index contributed by atoms with van der Waals surface area (Å²) in [7, 11) is 0. The maximum atomic E-state index is 9.51. The lowest BCUT2D eigenvalue weighted by atomic mass is 10.1. The Morgan fingerprint density at radius 3 is 2.87 bits per heavy atom. The molecule has 2 aromatic rings. The molecule has 0 spiro atoms. The quantitative estimate of drug-likeness (QED) is 0.769. The van der Waals surface area contributed by atoms with Crippen LogP contribution in [0.4, 0.5) is 0 Å². The third-order valence-electron chi connectivity index (χ3n) is 2.11. The van der Waals surface area contributed by atoms with Crippen molar-refractivity contribution < 1.29 is 9.63 Å². The summed E-state index contributed by atoms with van der Waals surface area (Å²) in [6.45, 7) is 2.03. The van der Waals surface area contributed by atoms with Crippen LogP contribution in [0.15, 0.2) is 22.7 Å². The van der Waals surface area contributed by atoms with E-state index in [0.717, 1.165) is 5.56 Å². The molecule has 78 valence electrons. The van der Waals surface area contributed by atoms with Gasteiger partial charge in [0.25, 0.3) is 0 Å². The molecule has 0 aliphatic rings. The van der Waals surface area contributed by atoms with E-state index in [4.69, 9.17) is 10.3 Å². The highest BCUT2D eigenvalue weighted by Gasteiger charge is 2.08. The first-order valence-corrected chi connectivity index (χ1v) is 4.53. The molecule has 5 heteroatoms. The van der Waals surface area contributed by atoms with Crippen molar-refractivity contribution in [3.63, 3.8) is 0 Å². The summed E-state index contributed by atoms with van der Waals surface area (Å²) in [6.07, 6.45) is 0. The molecule has 0 fully saturated rings. The van der Waals surface area contributed by atoms with Gasteiger partial charge >= 0.3 is 0 Å².